The molecule has 0 spiro atoms. The van der Waals surface area contributed by atoms with Gasteiger partial charge < -0.3 is 15.7 Å². The minimum Gasteiger partial charge on any atom is -0.404 e. The molecule has 0 amide bonds. The number of benzene rings is 3. The second-order valence-electron chi connectivity index (χ2n) is 11.3. The molecule has 2 aromatic heterocycles. The maximum Gasteiger partial charge on any atom is 0.282 e. The number of anilines is 2. The van der Waals surface area contributed by atoms with Crippen molar-refractivity contribution in [3.8, 4) is 16.9 Å². The van der Waals surface area contributed by atoms with E-state index in [9.17, 15) is 9.90 Å². The van der Waals surface area contributed by atoms with Crippen LogP contribution < -0.4 is 16.2 Å². The topological polar surface area (TPSA) is 97.3 Å². The number of hydrogen-bond acceptors (Lipinski definition) is 6. The van der Waals surface area contributed by atoms with Crippen LogP contribution in [0.5, 0.6) is 0 Å². The van der Waals surface area contributed by atoms with Gasteiger partial charge in [0, 0.05) is 27.1 Å². The van der Waals surface area contributed by atoms with Gasteiger partial charge in [-0.1, -0.05) is 56.6 Å². The minimum absolute atomic E-state index is 0.0572. The molecule has 3 N–H and O–H groups in total. The fourth-order valence-corrected chi connectivity index (χ4v) is 5.64. The van der Waals surface area contributed by atoms with Crippen LogP contribution in [-0.2, 0) is 12.0 Å². The first kappa shape index (κ1) is 27.6. The number of fused-ring (bicyclic) bond motifs is 2. The Bertz CT molecular complexity index is 1960. The molecule has 0 bridgehead atoms. The highest BCUT2D eigenvalue weighted by molar-refractivity contribution is 6.33. The Labute approximate surface area is 247 Å². The van der Waals surface area contributed by atoms with Gasteiger partial charge in [-0.15, -0.1) is 0 Å². The van der Waals surface area contributed by atoms with Crippen LogP contribution in [0.25, 0.3) is 33.3 Å². The number of rotatable bonds is 4. The van der Waals surface area contributed by atoms with Gasteiger partial charge in [-0.05, 0) is 65.2 Å². The van der Waals surface area contributed by atoms with E-state index >= 15 is 4.39 Å². The Kier molecular flexibility index (Phi) is 6.83. The van der Waals surface area contributed by atoms with Crippen molar-refractivity contribution in [1.29, 1.82) is 0 Å². The second-order valence-corrected chi connectivity index (χ2v) is 11.7. The molecule has 212 valence electrons. The summed E-state index contributed by atoms with van der Waals surface area (Å²) >= 11 is 6.47. The number of hydrogen-bond donors (Lipinski definition) is 2. The van der Waals surface area contributed by atoms with Crippen molar-refractivity contribution in [2.24, 2.45) is 5.73 Å². The van der Waals surface area contributed by atoms with Crippen LogP contribution in [0.4, 0.5) is 15.9 Å². The fraction of sp³-hybridized carbons (Fsp3) is 0.182. The van der Waals surface area contributed by atoms with Crippen LogP contribution >= 0.6 is 11.6 Å². The predicted octanol–water partition coefficient (Wildman–Crippen LogP) is 6.48. The van der Waals surface area contributed by atoms with Gasteiger partial charge in [-0.3, -0.25) is 4.79 Å². The Morgan fingerprint density at radius 2 is 1.81 bits per heavy atom. The van der Waals surface area contributed by atoms with Crippen molar-refractivity contribution in [3.63, 3.8) is 0 Å². The third kappa shape index (κ3) is 4.53. The number of nitrogens with two attached hydrogens (primary N) is 1. The lowest BCUT2D eigenvalue weighted by Crippen LogP contribution is -2.25. The first-order chi connectivity index (χ1) is 20.1. The minimum atomic E-state index is -0.610. The molecule has 0 saturated carbocycles. The molecule has 0 fully saturated rings. The summed E-state index contributed by atoms with van der Waals surface area (Å²) in [6, 6.07) is 19.8. The number of halogens is 2. The fourth-order valence-electron chi connectivity index (χ4n) is 5.41. The quantitative estimate of drug-likeness (QED) is 0.252. The molecule has 42 heavy (non-hydrogen) atoms. The van der Waals surface area contributed by atoms with Crippen molar-refractivity contribution >= 4 is 39.5 Å². The lowest BCUT2D eigenvalue weighted by molar-refractivity contribution is 0.281. The lowest BCUT2D eigenvalue weighted by Gasteiger charge is -2.24. The standard InChI is InChI=1S/C33H29ClFN5O2/c1-33(2,3)21-13-19-16-37-40(32(42)30(19)26(35)14-21)29-10-6-9-28(24(29)18-41)39-17-20(15-36)22-11-12-27(38-31(22)39)23-7-4-5-8-25(23)34/h4-16,41H,17-18,36H2,1-3H3. The average Bonchev–Trinajstić information content (AvgIpc) is 3.34. The zero-order valence-electron chi connectivity index (χ0n) is 23.4. The van der Waals surface area contributed by atoms with Gasteiger partial charge >= 0.3 is 0 Å². The molecule has 1 aliphatic heterocycles. The monoisotopic (exact) mass is 581 g/mol. The van der Waals surface area contributed by atoms with Crippen LogP contribution in [0, 0.1) is 5.82 Å². The first-order valence-electron chi connectivity index (χ1n) is 13.5. The van der Waals surface area contributed by atoms with Gasteiger partial charge in [-0.2, -0.15) is 9.78 Å². The van der Waals surface area contributed by atoms with E-state index in [1.807, 2.05) is 68.1 Å². The van der Waals surface area contributed by atoms with Gasteiger partial charge in [0.2, 0.25) is 0 Å². The molecule has 3 heterocycles. The van der Waals surface area contributed by atoms with E-state index in [0.29, 0.717) is 45.4 Å². The summed E-state index contributed by atoms with van der Waals surface area (Å²) in [7, 11) is 0. The van der Waals surface area contributed by atoms with Crippen LogP contribution in [0.15, 0.2) is 83.9 Å². The molecular formula is C33H29ClFN5O2. The number of nitrogens with zero attached hydrogens (tertiary/aromatic N) is 4. The summed E-state index contributed by atoms with van der Waals surface area (Å²) in [5.41, 5.74) is 10.4. The van der Waals surface area contributed by atoms with E-state index in [1.54, 1.807) is 24.4 Å². The average molecular weight is 582 g/mol. The Morgan fingerprint density at radius 1 is 1.05 bits per heavy atom. The van der Waals surface area contributed by atoms with E-state index in [4.69, 9.17) is 22.3 Å². The summed E-state index contributed by atoms with van der Waals surface area (Å²) in [6.07, 6.45) is 3.03. The molecule has 9 heteroatoms. The molecule has 0 saturated heterocycles. The first-order valence-corrected chi connectivity index (χ1v) is 13.9. The van der Waals surface area contributed by atoms with Gasteiger partial charge in [0.05, 0.1) is 41.8 Å². The number of aliphatic hydroxyl groups is 1. The van der Waals surface area contributed by atoms with Crippen molar-refractivity contribution in [2.45, 2.75) is 32.8 Å². The van der Waals surface area contributed by atoms with Crippen LogP contribution in [0.1, 0.15) is 37.5 Å². The van der Waals surface area contributed by atoms with Crippen LogP contribution in [0.2, 0.25) is 5.02 Å². The van der Waals surface area contributed by atoms with E-state index < -0.39 is 18.0 Å². The third-order valence-corrected chi connectivity index (χ3v) is 7.99. The zero-order chi connectivity index (χ0) is 29.8. The molecule has 0 aliphatic carbocycles. The van der Waals surface area contributed by atoms with Gasteiger partial charge in [-0.25, -0.2) is 9.37 Å². The summed E-state index contributed by atoms with van der Waals surface area (Å²) in [5, 5.41) is 16.0. The third-order valence-electron chi connectivity index (χ3n) is 7.67. The summed E-state index contributed by atoms with van der Waals surface area (Å²) in [5.74, 6) is 0.0262. The molecule has 7 nitrogen and oxygen atoms in total. The van der Waals surface area contributed by atoms with E-state index in [0.717, 1.165) is 26.9 Å². The summed E-state index contributed by atoms with van der Waals surface area (Å²) in [4.78, 5) is 20.5. The number of pyridine rings is 1. The molecule has 6 rings (SSSR count). The largest absolute Gasteiger partial charge is 0.404 e. The molecular weight excluding hydrogens is 553 g/mol. The molecule has 3 aromatic carbocycles. The van der Waals surface area contributed by atoms with Crippen molar-refractivity contribution in [1.82, 2.24) is 14.8 Å². The van der Waals surface area contributed by atoms with Crippen LogP contribution in [0.3, 0.4) is 0 Å². The van der Waals surface area contributed by atoms with E-state index in [1.165, 1.54) is 12.3 Å². The maximum atomic E-state index is 15.4. The van der Waals surface area contributed by atoms with E-state index in [2.05, 4.69) is 5.10 Å². The Balaban J connectivity index is 1.51. The molecule has 0 atom stereocenters. The lowest BCUT2D eigenvalue weighted by atomic mass is 9.86. The number of aromatic nitrogens is 3. The van der Waals surface area contributed by atoms with Crippen molar-refractivity contribution in [2.75, 3.05) is 11.4 Å². The highest BCUT2D eigenvalue weighted by Crippen LogP contribution is 2.42. The van der Waals surface area contributed by atoms with Crippen LogP contribution in [-0.4, -0.2) is 26.4 Å². The van der Waals surface area contributed by atoms with Crippen molar-refractivity contribution in [3.05, 3.63) is 117 Å². The molecule has 5 aromatic rings. The molecule has 1 aliphatic rings. The highest BCUT2D eigenvalue weighted by atomic mass is 35.5. The highest BCUT2D eigenvalue weighted by Gasteiger charge is 2.30. The summed E-state index contributed by atoms with van der Waals surface area (Å²) in [6.45, 7) is 5.94. The molecule has 0 radical (unpaired) electrons. The van der Waals surface area contributed by atoms with Gasteiger partial charge in [0.1, 0.15) is 11.6 Å². The maximum absolute atomic E-state index is 15.4. The molecule has 0 unspecified atom stereocenters. The predicted molar refractivity (Wildman–Crippen MR) is 166 cm³/mol. The van der Waals surface area contributed by atoms with Gasteiger partial charge in [0.15, 0.2) is 0 Å². The van der Waals surface area contributed by atoms with E-state index in [-0.39, 0.29) is 10.8 Å². The van der Waals surface area contributed by atoms with Gasteiger partial charge in [0.25, 0.3) is 5.56 Å². The Hall–Kier alpha value is -4.53. The second kappa shape index (κ2) is 10.4. The summed E-state index contributed by atoms with van der Waals surface area (Å²) < 4.78 is 16.5. The smallest absolute Gasteiger partial charge is 0.282 e. The number of aliphatic hydroxyl groups excluding tert-OH is 1. The van der Waals surface area contributed by atoms with Crippen molar-refractivity contribution < 1.29 is 9.50 Å². The Morgan fingerprint density at radius 3 is 2.52 bits per heavy atom. The zero-order valence-corrected chi connectivity index (χ0v) is 24.2. The SMILES string of the molecule is CC(C)(C)c1cc(F)c2c(=O)n(-c3cccc(N4CC(=CN)c5ccc(-c6ccccc6Cl)nc54)c3CO)ncc2c1. The normalized spacial score (nSPS) is 14.1.